The van der Waals surface area contributed by atoms with Gasteiger partial charge in [0.05, 0.1) is 0 Å². The summed E-state index contributed by atoms with van der Waals surface area (Å²) in [4.78, 5) is 19.0. The fourth-order valence-corrected chi connectivity index (χ4v) is 3.21. The van der Waals surface area contributed by atoms with E-state index in [9.17, 15) is 4.79 Å². The predicted octanol–water partition coefficient (Wildman–Crippen LogP) is 4.10. The van der Waals surface area contributed by atoms with Crippen molar-refractivity contribution in [1.82, 2.24) is 19.8 Å². The molecule has 28 heavy (non-hydrogen) atoms. The molecule has 5 heteroatoms. The van der Waals surface area contributed by atoms with Crippen LogP contribution < -0.4 is 5.32 Å². The molecule has 1 N–H and O–H groups in total. The summed E-state index contributed by atoms with van der Waals surface area (Å²) < 4.78 is 2.13. The molecule has 1 heterocycles. The number of nitrogens with one attached hydrogen (secondary N) is 1. The van der Waals surface area contributed by atoms with Crippen molar-refractivity contribution in [2.75, 3.05) is 13.1 Å². The van der Waals surface area contributed by atoms with E-state index in [1.165, 1.54) is 5.56 Å². The minimum atomic E-state index is -0.0214. The van der Waals surface area contributed by atoms with Crippen LogP contribution in [-0.4, -0.2) is 33.6 Å². The SMILES string of the molecule is CCCN(Cc1ccccc1)C(=O)NCCc1nccn1Cc1ccccc1. The highest BCUT2D eigenvalue weighted by Gasteiger charge is 2.13. The number of hydrogen-bond donors (Lipinski definition) is 1. The van der Waals surface area contributed by atoms with E-state index >= 15 is 0 Å². The first kappa shape index (κ1) is 19.7. The summed E-state index contributed by atoms with van der Waals surface area (Å²) in [5.41, 5.74) is 2.38. The van der Waals surface area contributed by atoms with Crippen molar-refractivity contribution in [2.24, 2.45) is 0 Å². The van der Waals surface area contributed by atoms with E-state index in [0.717, 1.165) is 30.9 Å². The van der Waals surface area contributed by atoms with Crippen molar-refractivity contribution in [3.63, 3.8) is 0 Å². The average molecular weight is 377 g/mol. The lowest BCUT2D eigenvalue weighted by molar-refractivity contribution is 0.195. The van der Waals surface area contributed by atoms with E-state index in [0.29, 0.717) is 19.5 Å². The molecule has 0 saturated heterocycles. The Labute approximate surface area is 167 Å². The fraction of sp³-hybridized carbons (Fsp3) is 0.304. The maximum absolute atomic E-state index is 12.6. The fourth-order valence-electron chi connectivity index (χ4n) is 3.21. The zero-order valence-electron chi connectivity index (χ0n) is 16.4. The van der Waals surface area contributed by atoms with Crippen molar-refractivity contribution < 1.29 is 4.79 Å². The van der Waals surface area contributed by atoms with Crippen LogP contribution in [0.25, 0.3) is 0 Å². The van der Waals surface area contributed by atoms with E-state index < -0.39 is 0 Å². The van der Waals surface area contributed by atoms with Gasteiger partial charge in [-0.05, 0) is 17.5 Å². The van der Waals surface area contributed by atoms with Crippen LogP contribution in [0.4, 0.5) is 4.79 Å². The largest absolute Gasteiger partial charge is 0.338 e. The number of nitrogens with zero attached hydrogens (tertiary/aromatic N) is 3. The molecule has 2 aromatic carbocycles. The maximum atomic E-state index is 12.6. The number of carbonyl (C=O) groups excluding carboxylic acids is 1. The Morgan fingerprint density at radius 3 is 2.39 bits per heavy atom. The van der Waals surface area contributed by atoms with Gasteiger partial charge in [-0.3, -0.25) is 0 Å². The third-order valence-electron chi connectivity index (χ3n) is 4.62. The molecule has 0 atom stereocenters. The lowest BCUT2D eigenvalue weighted by Crippen LogP contribution is -2.40. The quantitative estimate of drug-likeness (QED) is 0.611. The zero-order chi connectivity index (χ0) is 19.6. The van der Waals surface area contributed by atoms with Gasteiger partial charge in [0.15, 0.2) is 0 Å². The number of rotatable bonds is 9. The third-order valence-corrected chi connectivity index (χ3v) is 4.62. The summed E-state index contributed by atoms with van der Waals surface area (Å²) in [6, 6.07) is 20.4. The van der Waals surface area contributed by atoms with Crippen molar-refractivity contribution in [1.29, 1.82) is 0 Å². The van der Waals surface area contributed by atoms with Crippen LogP contribution >= 0.6 is 0 Å². The van der Waals surface area contributed by atoms with Gasteiger partial charge in [0.2, 0.25) is 0 Å². The van der Waals surface area contributed by atoms with E-state index in [2.05, 4.69) is 46.1 Å². The minimum absolute atomic E-state index is 0.0214. The van der Waals surface area contributed by atoms with E-state index in [1.54, 1.807) is 0 Å². The normalized spacial score (nSPS) is 10.6. The van der Waals surface area contributed by atoms with Crippen molar-refractivity contribution >= 4 is 6.03 Å². The molecule has 2 amide bonds. The molecule has 0 saturated carbocycles. The Morgan fingerprint density at radius 2 is 1.71 bits per heavy atom. The van der Waals surface area contributed by atoms with Crippen LogP contribution in [0.2, 0.25) is 0 Å². The Morgan fingerprint density at radius 1 is 1.04 bits per heavy atom. The molecule has 1 aromatic heterocycles. The van der Waals surface area contributed by atoms with Gasteiger partial charge >= 0.3 is 6.03 Å². The smallest absolute Gasteiger partial charge is 0.317 e. The molecule has 0 aliphatic heterocycles. The van der Waals surface area contributed by atoms with Gasteiger partial charge in [0, 0.05) is 45.0 Å². The molecule has 0 radical (unpaired) electrons. The Balaban J connectivity index is 1.52. The Hall–Kier alpha value is -3.08. The molecule has 3 rings (SSSR count). The second-order valence-corrected chi connectivity index (χ2v) is 6.85. The number of amides is 2. The second-order valence-electron chi connectivity index (χ2n) is 6.85. The number of carbonyl (C=O) groups is 1. The first-order valence-corrected chi connectivity index (χ1v) is 9.87. The van der Waals surface area contributed by atoms with E-state index in [1.807, 2.05) is 53.7 Å². The van der Waals surface area contributed by atoms with Gasteiger partial charge < -0.3 is 14.8 Å². The summed E-state index contributed by atoms with van der Waals surface area (Å²) in [7, 11) is 0. The molecule has 0 aliphatic carbocycles. The van der Waals surface area contributed by atoms with Gasteiger partial charge in [-0.1, -0.05) is 67.6 Å². The zero-order valence-corrected chi connectivity index (χ0v) is 16.4. The first-order valence-electron chi connectivity index (χ1n) is 9.87. The highest BCUT2D eigenvalue weighted by atomic mass is 16.2. The standard InChI is InChI=1S/C23H28N4O/c1-2-16-27(19-21-11-7-4-8-12-21)23(28)25-14-13-22-24-15-17-26(22)18-20-9-5-3-6-10-20/h3-12,15,17H,2,13-14,16,18-19H2,1H3,(H,25,28). The third kappa shape index (κ3) is 5.71. The van der Waals surface area contributed by atoms with Crippen LogP contribution in [-0.2, 0) is 19.5 Å². The van der Waals surface area contributed by atoms with Crippen LogP contribution in [0.1, 0.15) is 30.3 Å². The van der Waals surface area contributed by atoms with Crippen LogP contribution in [0.3, 0.4) is 0 Å². The van der Waals surface area contributed by atoms with Crippen LogP contribution in [0, 0.1) is 0 Å². The van der Waals surface area contributed by atoms with E-state index in [-0.39, 0.29) is 6.03 Å². The molecular formula is C23H28N4O. The van der Waals surface area contributed by atoms with Crippen LogP contribution in [0.15, 0.2) is 73.1 Å². The molecular weight excluding hydrogens is 348 g/mol. The number of aromatic nitrogens is 2. The average Bonchev–Trinajstić information content (AvgIpc) is 3.16. The molecule has 0 fully saturated rings. The Kier molecular flexibility index (Phi) is 7.24. The lowest BCUT2D eigenvalue weighted by atomic mass is 10.2. The van der Waals surface area contributed by atoms with Crippen molar-refractivity contribution in [2.45, 2.75) is 32.9 Å². The number of urea groups is 1. The summed E-state index contributed by atoms with van der Waals surface area (Å²) >= 11 is 0. The topological polar surface area (TPSA) is 50.2 Å². The van der Waals surface area contributed by atoms with Gasteiger partial charge in [0.1, 0.15) is 5.82 Å². The highest BCUT2D eigenvalue weighted by Crippen LogP contribution is 2.07. The second kappa shape index (κ2) is 10.3. The predicted molar refractivity (Wildman–Crippen MR) is 112 cm³/mol. The summed E-state index contributed by atoms with van der Waals surface area (Å²) in [6.45, 7) is 4.82. The Bertz CT molecular complexity index is 845. The van der Waals surface area contributed by atoms with Crippen molar-refractivity contribution in [3.05, 3.63) is 90.0 Å². The summed E-state index contributed by atoms with van der Waals surface area (Å²) in [5, 5.41) is 3.05. The number of benzene rings is 2. The summed E-state index contributed by atoms with van der Waals surface area (Å²) in [5.74, 6) is 0.981. The summed E-state index contributed by atoms with van der Waals surface area (Å²) in [6.07, 6.45) is 5.44. The van der Waals surface area contributed by atoms with Crippen molar-refractivity contribution in [3.8, 4) is 0 Å². The van der Waals surface area contributed by atoms with Crippen LogP contribution in [0.5, 0.6) is 0 Å². The molecule has 5 nitrogen and oxygen atoms in total. The van der Waals surface area contributed by atoms with Gasteiger partial charge in [-0.15, -0.1) is 0 Å². The van der Waals surface area contributed by atoms with Gasteiger partial charge in [-0.2, -0.15) is 0 Å². The van der Waals surface area contributed by atoms with Gasteiger partial charge in [-0.25, -0.2) is 9.78 Å². The minimum Gasteiger partial charge on any atom is -0.338 e. The number of hydrogen-bond acceptors (Lipinski definition) is 2. The first-order chi connectivity index (χ1) is 13.8. The molecule has 0 spiro atoms. The highest BCUT2D eigenvalue weighted by molar-refractivity contribution is 5.74. The molecule has 0 bridgehead atoms. The monoisotopic (exact) mass is 376 g/mol. The van der Waals surface area contributed by atoms with Gasteiger partial charge in [0.25, 0.3) is 0 Å². The molecule has 3 aromatic rings. The molecule has 0 aliphatic rings. The molecule has 0 unspecified atom stereocenters. The maximum Gasteiger partial charge on any atom is 0.317 e. The lowest BCUT2D eigenvalue weighted by Gasteiger charge is -2.22. The number of imidazole rings is 1. The van der Waals surface area contributed by atoms with E-state index in [4.69, 9.17) is 0 Å². The molecule has 146 valence electrons.